The first-order valence-electron chi connectivity index (χ1n) is 8.17. The molecule has 0 unspecified atom stereocenters. The molecule has 0 aromatic heterocycles. The topological polar surface area (TPSA) is 69.6 Å². The van der Waals surface area contributed by atoms with Crippen molar-refractivity contribution in [3.63, 3.8) is 0 Å². The summed E-state index contributed by atoms with van der Waals surface area (Å²) in [5.41, 5.74) is -0.368. The van der Waals surface area contributed by atoms with Crippen LogP contribution in [0.2, 0.25) is 0 Å². The molecule has 6 heteroatoms. The van der Waals surface area contributed by atoms with E-state index in [-0.39, 0.29) is 11.4 Å². The van der Waals surface area contributed by atoms with Crippen LogP contribution < -0.4 is 5.32 Å². The Morgan fingerprint density at radius 3 is 2.23 bits per heavy atom. The zero-order valence-electron chi connectivity index (χ0n) is 14.2. The smallest absolute Gasteiger partial charge is 0.407 e. The van der Waals surface area contributed by atoms with E-state index in [0.717, 1.165) is 44.3 Å². The van der Waals surface area contributed by atoms with Crippen molar-refractivity contribution >= 4 is 24.6 Å². The number of hydrogen-bond acceptors (Lipinski definition) is 3. The second-order valence-corrected chi connectivity index (χ2v) is 7.00. The molecular formula is C16H32N2O3S. The lowest BCUT2D eigenvalue weighted by Gasteiger charge is -2.33. The first kappa shape index (κ1) is 21.1. The second kappa shape index (κ2) is 11.6. The number of carbonyl (C=O) groups excluding carboxylic acids is 1. The lowest BCUT2D eigenvalue weighted by Crippen LogP contribution is -2.45. The van der Waals surface area contributed by atoms with Crippen molar-refractivity contribution in [1.29, 1.82) is 0 Å². The number of amides is 2. The molecule has 0 radical (unpaired) electrons. The van der Waals surface area contributed by atoms with Gasteiger partial charge in [-0.25, -0.2) is 4.79 Å². The van der Waals surface area contributed by atoms with Crippen LogP contribution in [0.25, 0.3) is 0 Å². The van der Waals surface area contributed by atoms with Crippen LogP contribution in [-0.2, 0) is 4.79 Å². The van der Waals surface area contributed by atoms with Crippen LogP contribution >= 0.6 is 12.6 Å². The molecule has 130 valence electrons. The summed E-state index contributed by atoms with van der Waals surface area (Å²) in [6.45, 7) is 6.91. The highest BCUT2D eigenvalue weighted by Gasteiger charge is 2.25. The molecule has 0 aromatic rings. The molecule has 0 spiro atoms. The molecule has 22 heavy (non-hydrogen) atoms. The van der Waals surface area contributed by atoms with Crippen LogP contribution in [0.5, 0.6) is 0 Å². The number of carboxylic acid groups (broad SMARTS) is 1. The lowest BCUT2D eigenvalue weighted by molar-refractivity contribution is -0.121. The number of hydrogen-bond donors (Lipinski definition) is 3. The van der Waals surface area contributed by atoms with E-state index in [1.54, 1.807) is 0 Å². The fourth-order valence-electron chi connectivity index (χ4n) is 2.18. The van der Waals surface area contributed by atoms with Crippen molar-refractivity contribution in [3.8, 4) is 0 Å². The second-order valence-electron chi connectivity index (χ2n) is 6.55. The van der Waals surface area contributed by atoms with E-state index < -0.39 is 6.09 Å². The molecule has 0 aliphatic carbocycles. The average molecular weight is 333 g/mol. The van der Waals surface area contributed by atoms with Gasteiger partial charge in [0, 0.05) is 25.0 Å². The van der Waals surface area contributed by atoms with Gasteiger partial charge in [-0.15, -0.1) is 0 Å². The first-order chi connectivity index (χ1) is 10.3. The third-order valence-corrected chi connectivity index (χ3v) is 3.80. The molecule has 0 aliphatic rings. The van der Waals surface area contributed by atoms with Crippen LogP contribution in [0.15, 0.2) is 0 Å². The van der Waals surface area contributed by atoms with Crippen molar-refractivity contribution in [2.45, 2.75) is 71.3 Å². The first-order valence-corrected chi connectivity index (χ1v) is 8.80. The van der Waals surface area contributed by atoms with Gasteiger partial charge in [0.25, 0.3) is 0 Å². The highest BCUT2D eigenvalue weighted by molar-refractivity contribution is 7.80. The van der Waals surface area contributed by atoms with Gasteiger partial charge in [0.15, 0.2) is 0 Å². The fourth-order valence-corrected chi connectivity index (χ4v) is 2.40. The van der Waals surface area contributed by atoms with Crippen molar-refractivity contribution in [2.24, 2.45) is 0 Å². The van der Waals surface area contributed by atoms with Gasteiger partial charge in [0.2, 0.25) is 5.91 Å². The quantitative estimate of drug-likeness (QED) is 0.400. The Kier molecular flexibility index (Phi) is 11.1. The van der Waals surface area contributed by atoms with E-state index in [0.29, 0.717) is 19.5 Å². The van der Waals surface area contributed by atoms with Gasteiger partial charge >= 0.3 is 6.09 Å². The standard InChI is InChI=1S/C16H32N2O3S/c1-16(2,3)18(15(20)21)12-8-5-7-11-17-14(19)10-6-4-9-13-22/h22H,4-13H2,1-3H3,(H,17,19)(H,20,21). The van der Waals surface area contributed by atoms with Gasteiger partial charge in [-0.1, -0.05) is 6.42 Å². The monoisotopic (exact) mass is 332 g/mol. The molecule has 0 aliphatic heterocycles. The van der Waals surface area contributed by atoms with Crippen LogP contribution in [0, 0.1) is 0 Å². The Hall–Kier alpha value is -0.910. The summed E-state index contributed by atoms with van der Waals surface area (Å²) in [6, 6.07) is 0. The zero-order valence-corrected chi connectivity index (χ0v) is 15.1. The summed E-state index contributed by atoms with van der Waals surface area (Å²) < 4.78 is 0. The number of thiol groups is 1. The molecule has 0 heterocycles. The van der Waals surface area contributed by atoms with Crippen LogP contribution in [0.3, 0.4) is 0 Å². The van der Waals surface area contributed by atoms with Gasteiger partial charge < -0.3 is 15.3 Å². The average Bonchev–Trinajstić information content (AvgIpc) is 2.40. The molecule has 0 fully saturated rings. The summed E-state index contributed by atoms with van der Waals surface area (Å²) in [5, 5.41) is 12.1. The van der Waals surface area contributed by atoms with E-state index in [1.165, 1.54) is 4.90 Å². The van der Waals surface area contributed by atoms with Crippen molar-refractivity contribution in [1.82, 2.24) is 10.2 Å². The Morgan fingerprint density at radius 2 is 1.68 bits per heavy atom. The Bertz CT molecular complexity index is 330. The zero-order chi connectivity index (χ0) is 17.0. The van der Waals surface area contributed by atoms with Gasteiger partial charge in [-0.2, -0.15) is 12.6 Å². The van der Waals surface area contributed by atoms with Crippen molar-refractivity contribution in [3.05, 3.63) is 0 Å². The van der Waals surface area contributed by atoms with E-state index in [4.69, 9.17) is 5.11 Å². The summed E-state index contributed by atoms with van der Waals surface area (Å²) in [5.74, 6) is 0.991. The number of unbranched alkanes of at least 4 members (excludes halogenated alkanes) is 4. The minimum atomic E-state index is -0.873. The molecule has 0 atom stereocenters. The largest absolute Gasteiger partial charge is 0.465 e. The molecule has 0 rings (SSSR count). The van der Waals surface area contributed by atoms with Crippen LogP contribution in [0.4, 0.5) is 4.79 Å². The van der Waals surface area contributed by atoms with E-state index in [2.05, 4.69) is 17.9 Å². The molecule has 2 N–H and O–H groups in total. The minimum Gasteiger partial charge on any atom is -0.465 e. The molecule has 0 saturated carbocycles. The number of nitrogens with one attached hydrogen (secondary N) is 1. The number of carbonyl (C=O) groups is 2. The summed E-state index contributed by atoms with van der Waals surface area (Å²) in [4.78, 5) is 24.2. The Balaban J connectivity index is 3.64. The Labute approximate surface area is 140 Å². The van der Waals surface area contributed by atoms with Gasteiger partial charge in [-0.05, 0) is 58.6 Å². The number of nitrogens with zero attached hydrogens (tertiary/aromatic N) is 1. The third kappa shape index (κ3) is 10.8. The maximum Gasteiger partial charge on any atom is 0.407 e. The van der Waals surface area contributed by atoms with Gasteiger partial charge in [0.1, 0.15) is 0 Å². The number of rotatable bonds is 11. The summed E-state index contributed by atoms with van der Waals surface area (Å²) in [6.07, 6.45) is 5.37. The summed E-state index contributed by atoms with van der Waals surface area (Å²) in [7, 11) is 0. The van der Waals surface area contributed by atoms with Crippen molar-refractivity contribution in [2.75, 3.05) is 18.8 Å². The van der Waals surface area contributed by atoms with E-state index in [9.17, 15) is 9.59 Å². The van der Waals surface area contributed by atoms with Crippen LogP contribution in [-0.4, -0.2) is 46.4 Å². The maximum atomic E-state index is 11.6. The maximum absolute atomic E-state index is 11.6. The molecule has 0 aromatic carbocycles. The molecule has 5 nitrogen and oxygen atoms in total. The highest BCUT2D eigenvalue weighted by atomic mass is 32.1. The normalized spacial score (nSPS) is 11.3. The Morgan fingerprint density at radius 1 is 1.05 bits per heavy atom. The molecule has 0 bridgehead atoms. The lowest BCUT2D eigenvalue weighted by atomic mass is 10.1. The van der Waals surface area contributed by atoms with Crippen LogP contribution in [0.1, 0.15) is 65.7 Å². The predicted molar refractivity (Wildman–Crippen MR) is 93.7 cm³/mol. The summed E-state index contributed by atoms with van der Waals surface area (Å²) >= 11 is 4.14. The van der Waals surface area contributed by atoms with Gasteiger partial charge in [-0.3, -0.25) is 4.79 Å². The van der Waals surface area contributed by atoms with Gasteiger partial charge in [0.05, 0.1) is 0 Å². The predicted octanol–water partition coefficient (Wildman–Crippen LogP) is 3.54. The minimum absolute atomic E-state index is 0.112. The SMILES string of the molecule is CC(C)(C)N(CCCCCNC(=O)CCCCCS)C(=O)O. The fraction of sp³-hybridized carbons (Fsp3) is 0.875. The highest BCUT2D eigenvalue weighted by Crippen LogP contribution is 2.14. The third-order valence-electron chi connectivity index (χ3n) is 3.48. The molecule has 2 amide bonds. The van der Waals surface area contributed by atoms with E-state index in [1.807, 2.05) is 20.8 Å². The molecular weight excluding hydrogens is 300 g/mol. The van der Waals surface area contributed by atoms with Crippen molar-refractivity contribution < 1.29 is 14.7 Å². The van der Waals surface area contributed by atoms with E-state index >= 15 is 0 Å². The molecule has 0 saturated heterocycles.